The Morgan fingerprint density at radius 1 is 1.32 bits per heavy atom. The largest absolute Gasteiger partial charge is 0.493 e. The molecule has 2 aliphatic rings. The van der Waals surface area contributed by atoms with Gasteiger partial charge in [-0.25, -0.2) is 0 Å². The molecule has 2 amide bonds. The lowest BCUT2D eigenvalue weighted by atomic mass is 9.87. The number of amides is 2. The molecule has 0 spiro atoms. The van der Waals surface area contributed by atoms with E-state index < -0.39 is 0 Å². The van der Waals surface area contributed by atoms with E-state index in [0.717, 1.165) is 11.3 Å². The highest BCUT2D eigenvalue weighted by Crippen LogP contribution is 2.41. The molecule has 0 radical (unpaired) electrons. The lowest BCUT2D eigenvalue weighted by Gasteiger charge is -2.44. The number of hydrogen-bond donors (Lipinski definition) is 0. The molecule has 3 heterocycles. The van der Waals surface area contributed by atoms with E-state index in [0.29, 0.717) is 32.8 Å². The van der Waals surface area contributed by atoms with Gasteiger partial charge >= 0.3 is 0 Å². The Labute approximate surface area is 163 Å². The molecule has 8 heteroatoms. The monoisotopic (exact) mass is 385 g/mol. The van der Waals surface area contributed by atoms with Gasteiger partial charge in [-0.05, 0) is 6.07 Å². The predicted molar refractivity (Wildman–Crippen MR) is 98.8 cm³/mol. The maximum absolute atomic E-state index is 13.2. The van der Waals surface area contributed by atoms with Crippen LogP contribution in [-0.4, -0.2) is 66.7 Å². The zero-order valence-corrected chi connectivity index (χ0v) is 15.7. The van der Waals surface area contributed by atoms with Crippen LogP contribution in [0.4, 0.5) is 0 Å². The molecule has 4 rings (SSSR count). The molecule has 8 nitrogen and oxygen atoms in total. The van der Waals surface area contributed by atoms with E-state index in [1.807, 2.05) is 29.2 Å². The number of hydrogen-bond acceptors (Lipinski definition) is 6. The van der Waals surface area contributed by atoms with Crippen molar-refractivity contribution < 1.29 is 23.6 Å². The summed E-state index contributed by atoms with van der Waals surface area (Å²) >= 11 is 0. The van der Waals surface area contributed by atoms with Gasteiger partial charge in [-0.3, -0.25) is 9.59 Å². The van der Waals surface area contributed by atoms with E-state index >= 15 is 0 Å². The molecule has 1 aromatic heterocycles. The van der Waals surface area contributed by atoms with Crippen LogP contribution in [0.25, 0.3) is 0 Å². The quantitative estimate of drug-likeness (QED) is 0.797. The number of methoxy groups -OCH3 is 1. The summed E-state index contributed by atoms with van der Waals surface area (Å²) in [6.07, 6.45) is 1.69. The van der Waals surface area contributed by atoms with Crippen molar-refractivity contribution in [1.82, 2.24) is 15.0 Å². The van der Waals surface area contributed by atoms with E-state index in [2.05, 4.69) is 5.16 Å². The molecule has 2 aromatic rings. The fraction of sp³-hybridized carbons (Fsp3) is 0.450. The second kappa shape index (κ2) is 8.02. The van der Waals surface area contributed by atoms with Crippen LogP contribution in [0.2, 0.25) is 0 Å². The smallest absolute Gasteiger partial charge is 0.293 e. The van der Waals surface area contributed by atoms with Crippen molar-refractivity contribution in [2.75, 3.05) is 40.0 Å². The number of nitrogens with zero attached hydrogens (tertiary/aromatic N) is 3. The molecule has 28 heavy (non-hydrogen) atoms. The minimum atomic E-state index is -0.262. The van der Waals surface area contributed by atoms with Crippen molar-refractivity contribution in [3.63, 3.8) is 0 Å². The van der Waals surface area contributed by atoms with Crippen molar-refractivity contribution in [2.45, 2.75) is 12.5 Å². The second-order valence-electron chi connectivity index (χ2n) is 7.01. The summed E-state index contributed by atoms with van der Waals surface area (Å²) in [5, 5.41) is 3.65. The van der Waals surface area contributed by atoms with Crippen molar-refractivity contribution in [2.24, 2.45) is 5.92 Å². The zero-order chi connectivity index (χ0) is 19.5. The highest BCUT2D eigenvalue weighted by Gasteiger charge is 2.41. The Balaban J connectivity index is 1.71. The Bertz CT molecular complexity index is 838. The predicted octanol–water partition coefficient (Wildman–Crippen LogP) is 1.75. The summed E-state index contributed by atoms with van der Waals surface area (Å²) in [5.74, 6) is 0.636. The minimum Gasteiger partial charge on any atom is -0.493 e. The number of aromatic nitrogens is 1. The van der Waals surface area contributed by atoms with Gasteiger partial charge in [-0.1, -0.05) is 23.4 Å². The number of ether oxygens (including phenoxy) is 2. The van der Waals surface area contributed by atoms with E-state index in [-0.39, 0.29) is 36.0 Å². The van der Waals surface area contributed by atoms with Crippen LogP contribution in [0.3, 0.4) is 0 Å². The first-order valence-corrected chi connectivity index (χ1v) is 9.39. The van der Waals surface area contributed by atoms with Crippen molar-refractivity contribution in [3.05, 3.63) is 47.9 Å². The molecule has 0 aliphatic carbocycles. The molecule has 1 fully saturated rings. The summed E-state index contributed by atoms with van der Waals surface area (Å²) in [7, 11) is 1.62. The fourth-order valence-electron chi connectivity index (χ4n) is 3.98. The van der Waals surface area contributed by atoms with Gasteiger partial charge in [0, 0.05) is 50.7 Å². The lowest BCUT2D eigenvalue weighted by Crippen LogP contribution is -2.51. The number of carbonyl (C=O) groups is 2. The zero-order valence-electron chi connectivity index (χ0n) is 15.7. The van der Waals surface area contributed by atoms with E-state index in [9.17, 15) is 9.59 Å². The van der Waals surface area contributed by atoms with Crippen molar-refractivity contribution in [3.8, 4) is 5.75 Å². The van der Waals surface area contributed by atoms with Crippen LogP contribution < -0.4 is 4.74 Å². The number of benzene rings is 1. The fourth-order valence-corrected chi connectivity index (χ4v) is 3.98. The van der Waals surface area contributed by atoms with Gasteiger partial charge in [0.05, 0.1) is 25.5 Å². The van der Waals surface area contributed by atoms with Crippen LogP contribution >= 0.6 is 0 Å². The topological polar surface area (TPSA) is 85.1 Å². The molecule has 1 aromatic carbocycles. The van der Waals surface area contributed by atoms with Gasteiger partial charge in [0.1, 0.15) is 5.75 Å². The molecular weight excluding hydrogens is 362 g/mol. The molecule has 1 saturated heterocycles. The Morgan fingerprint density at radius 3 is 2.96 bits per heavy atom. The van der Waals surface area contributed by atoms with Crippen LogP contribution in [-0.2, 0) is 9.53 Å². The van der Waals surface area contributed by atoms with E-state index in [4.69, 9.17) is 14.0 Å². The van der Waals surface area contributed by atoms with Gasteiger partial charge in [-0.15, -0.1) is 0 Å². The molecule has 2 aliphatic heterocycles. The van der Waals surface area contributed by atoms with Crippen LogP contribution in [0.15, 0.2) is 41.1 Å². The average Bonchev–Trinajstić information content (AvgIpc) is 3.25. The van der Waals surface area contributed by atoms with Crippen LogP contribution in [0.5, 0.6) is 5.75 Å². The molecule has 148 valence electrons. The van der Waals surface area contributed by atoms with Gasteiger partial charge in [0.25, 0.3) is 5.91 Å². The van der Waals surface area contributed by atoms with E-state index in [1.54, 1.807) is 18.1 Å². The Morgan fingerprint density at radius 2 is 2.18 bits per heavy atom. The summed E-state index contributed by atoms with van der Waals surface area (Å²) in [6, 6.07) is 9.09. The first-order chi connectivity index (χ1) is 13.7. The second-order valence-corrected chi connectivity index (χ2v) is 7.01. The lowest BCUT2D eigenvalue weighted by molar-refractivity contribution is -0.135. The first kappa shape index (κ1) is 18.5. The number of carbonyl (C=O) groups excluding carboxylic acids is 2. The van der Waals surface area contributed by atoms with E-state index in [1.165, 1.54) is 6.20 Å². The summed E-state index contributed by atoms with van der Waals surface area (Å²) in [4.78, 5) is 29.4. The first-order valence-electron chi connectivity index (χ1n) is 9.39. The maximum Gasteiger partial charge on any atom is 0.293 e. The third kappa shape index (κ3) is 3.47. The Kier molecular flexibility index (Phi) is 5.29. The highest BCUT2D eigenvalue weighted by atomic mass is 16.5. The van der Waals surface area contributed by atoms with Gasteiger partial charge in [0.15, 0.2) is 0 Å². The van der Waals surface area contributed by atoms with Crippen molar-refractivity contribution in [1.29, 1.82) is 0 Å². The molecule has 0 N–H and O–H groups in total. The Hall–Kier alpha value is -2.87. The van der Waals surface area contributed by atoms with Gasteiger partial charge < -0.3 is 23.8 Å². The summed E-state index contributed by atoms with van der Waals surface area (Å²) in [5.41, 5.74) is 0.952. The maximum atomic E-state index is 13.2. The van der Waals surface area contributed by atoms with Gasteiger partial charge in [0.2, 0.25) is 11.7 Å². The average molecular weight is 385 g/mol. The third-order valence-corrected chi connectivity index (χ3v) is 5.32. The molecule has 0 bridgehead atoms. The molecular formula is C20H23N3O5. The highest BCUT2D eigenvalue weighted by molar-refractivity contribution is 5.92. The number of fused-ring (bicyclic) bond motifs is 3. The summed E-state index contributed by atoms with van der Waals surface area (Å²) in [6.45, 7) is 2.23. The standard InChI is InChI=1S/C20H23N3O5/c1-26-11-10-22-12-14-13-27-16-5-3-2-4-15(16)19(14)23(9-7-18(22)24)20(25)17-6-8-21-28-17/h2-6,8,14,19H,7,9-13H2,1H3/t14-,19-/m0/s1. The molecule has 0 saturated carbocycles. The van der Waals surface area contributed by atoms with Crippen LogP contribution in [0, 0.1) is 5.92 Å². The third-order valence-electron chi connectivity index (χ3n) is 5.32. The van der Waals surface area contributed by atoms with Crippen molar-refractivity contribution >= 4 is 11.8 Å². The van der Waals surface area contributed by atoms with Crippen LogP contribution in [0.1, 0.15) is 28.6 Å². The SMILES string of the molecule is COCCN1C[C@H]2COc3ccccc3[C@H]2N(C(=O)c2ccno2)CCC1=O. The van der Waals surface area contributed by atoms with Gasteiger partial charge in [-0.2, -0.15) is 0 Å². The normalized spacial score (nSPS) is 22.0. The number of para-hydroxylation sites is 1. The number of rotatable bonds is 4. The minimum absolute atomic E-state index is 0.00438. The summed E-state index contributed by atoms with van der Waals surface area (Å²) < 4.78 is 16.2. The molecule has 0 unspecified atom stereocenters. The molecule has 2 atom stereocenters.